The third-order valence-corrected chi connectivity index (χ3v) is 2.56. The van der Waals surface area contributed by atoms with Crippen LogP contribution in [0.1, 0.15) is 19.4 Å². The molecular formula is C12H19FN2. The predicted octanol–water partition coefficient (Wildman–Crippen LogP) is 2.39. The van der Waals surface area contributed by atoms with Crippen molar-refractivity contribution in [1.29, 1.82) is 0 Å². The number of benzene rings is 1. The zero-order chi connectivity index (χ0) is 11.4. The van der Waals surface area contributed by atoms with Gasteiger partial charge in [-0.2, -0.15) is 0 Å². The van der Waals surface area contributed by atoms with Gasteiger partial charge >= 0.3 is 0 Å². The third-order valence-electron chi connectivity index (χ3n) is 2.56. The molecule has 1 aromatic rings. The first kappa shape index (κ1) is 12.0. The van der Waals surface area contributed by atoms with Gasteiger partial charge in [-0.05, 0) is 32.5 Å². The summed E-state index contributed by atoms with van der Waals surface area (Å²) in [5, 5.41) is 3.05. The summed E-state index contributed by atoms with van der Waals surface area (Å²) >= 11 is 0. The highest BCUT2D eigenvalue weighted by molar-refractivity contribution is 5.54. The van der Waals surface area contributed by atoms with Crippen LogP contribution in [0.3, 0.4) is 0 Å². The maximum absolute atomic E-state index is 13.7. The Hall–Kier alpha value is -1.09. The van der Waals surface area contributed by atoms with E-state index in [-0.39, 0.29) is 11.9 Å². The summed E-state index contributed by atoms with van der Waals surface area (Å²) < 4.78 is 13.7. The molecule has 0 aliphatic heterocycles. The zero-order valence-corrected chi connectivity index (χ0v) is 9.84. The Bertz CT molecular complexity index is 323. The quantitative estimate of drug-likeness (QED) is 0.821. The molecule has 0 heterocycles. The van der Waals surface area contributed by atoms with E-state index in [0.717, 1.165) is 5.56 Å². The molecule has 15 heavy (non-hydrogen) atoms. The standard InChI is InChI=1S/C12H19FN2/c1-9(2)15(4)12-10(8-14-3)6-5-7-11(12)13/h5-7,9,14H,8H2,1-4H3. The van der Waals surface area contributed by atoms with Crippen LogP contribution in [0.5, 0.6) is 0 Å². The minimum absolute atomic E-state index is 0.154. The lowest BCUT2D eigenvalue weighted by molar-refractivity contribution is 0.608. The fraction of sp³-hybridized carbons (Fsp3) is 0.500. The first-order valence-corrected chi connectivity index (χ1v) is 5.22. The highest BCUT2D eigenvalue weighted by Crippen LogP contribution is 2.24. The predicted molar refractivity (Wildman–Crippen MR) is 62.7 cm³/mol. The number of halogens is 1. The Balaban J connectivity index is 3.12. The topological polar surface area (TPSA) is 15.3 Å². The van der Waals surface area contributed by atoms with Crippen LogP contribution >= 0.6 is 0 Å². The Labute approximate surface area is 91.1 Å². The summed E-state index contributed by atoms with van der Waals surface area (Å²) in [6.07, 6.45) is 0. The van der Waals surface area contributed by atoms with Gasteiger partial charge in [0.1, 0.15) is 5.82 Å². The summed E-state index contributed by atoms with van der Waals surface area (Å²) in [4.78, 5) is 1.96. The van der Waals surface area contributed by atoms with Crippen molar-refractivity contribution in [2.24, 2.45) is 0 Å². The van der Waals surface area contributed by atoms with E-state index >= 15 is 0 Å². The molecule has 3 heteroatoms. The summed E-state index contributed by atoms with van der Waals surface area (Å²) in [7, 11) is 3.78. The van der Waals surface area contributed by atoms with Gasteiger partial charge in [-0.25, -0.2) is 4.39 Å². The van der Waals surface area contributed by atoms with Crippen LogP contribution in [-0.4, -0.2) is 20.1 Å². The number of para-hydroxylation sites is 1. The van der Waals surface area contributed by atoms with Crippen LogP contribution in [-0.2, 0) is 6.54 Å². The van der Waals surface area contributed by atoms with Crippen molar-refractivity contribution >= 4 is 5.69 Å². The van der Waals surface area contributed by atoms with E-state index in [9.17, 15) is 4.39 Å². The van der Waals surface area contributed by atoms with E-state index in [2.05, 4.69) is 19.2 Å². The monoisotopic (exact) mass is 210 g/mol. The fourth-order valence-electron chi connectivity index (χ4n) is 1.55. The Morgan fingerprint density at radius 2 is 2.07 bits per heavy atom. The number of hydrogen-bond donors (Lipinski definition) is 1. The van der Waals surface area contributed by atoms with Crippen LogP contribution in [0.15, 0.2) is 18.2 Å². The number of nitrogens with zero attached hydrogens (tertiary/aromatic N) is 1. The van der Waals surface area contributed by atoms with Gasteiger partial charge in [0.2, 0.25) is 0 Å². The van der Waals surface area contributed by atoms with Gasteiger partial charge in [-0.3, -0.25) is 0 Å². The van der Waals surface area contributed by atoms with Crippen LogP contribution in [0.4, 0.5) is 10.1 Å². The second kappa shape index (κ2) is 5.12. The first-order valence-electron chi connectivity index (χ1n) is 5.22. The lowest BCUT2D eigenvalue weighted by Crippen LogP contribution is -2.28. The van der Waals surface area contributed by atoms with Crippen LogP contribution in [0, 0.1) is 5.82 Å². The molecule has 0 spiro atoms. The number of nitrogens with one attached hydrogen (secondary N) is 1. The zero-order valence-electron chi connectivity index (χ0n) is 9.84. The third kappa shape index (κ3) is 2.69. The molecular weight excluding hydrogens is 191 g/mol. The summed E-state index contributed by atoms with van der Waals surface area (Å²) in [5.74, 6) is -0.154. The van der Waals surface area contributed by atoms with Gasteiger partial charge in [-0.1, -0.05) is 12.1 Å². The van der Waals surface area contributed by atoms with Crippen LogP contribution in [0.25, 0.3) is 0 Å². The molecule has 2 nitrogen and oxygen atoms in total. The molecule has 0 unspecified atom stereocenters. The van der Waals surface area contributed by atoms with Gasteiger partial charge < -0.3 is 10.2 Å². The number of rotatable bonds is 4. The first-order chi connectivity index (χ1) is 7.07. The molecule has 0 aromatic heterocycles. The Morgan fingerprint density at radius 3 is 2.60 bits per heavy atom. The Kier molecular flexibility index (Phi) is 4.09. The van der Waals surface area contributed by atoms with Crippen molar-refractivity contribution in [3.8, 4) is 0 Å². The van der Waals surface area contributed by atoms with Gasteiger partial charge in [0.15, 0.2) is 0 Å². The van der Waals surface area contributed by atoms with Crippen LogP contribution < -0.4 is 10.2 Å². The van der Waals surface area contributed by atoms with Crippen molar-refractivity contribution in [3.63, 3.8) is 0 Å². The fourth-order valence-corrected chi connectivity index (χ4v) is 1.55. The maximum Gasteiger partial charge on any atom is 0.146 e. The van der Waals surface area contributed by atoms with E-state index in [4.69, 9.17) is 0 Å². The molecule has 0 aliphatic carbocycles. The van der Waals surface area contributed by atoms with Crippen molar-refractivity contribution < 1.29 is 4.39 Å². The van der Waals surface area contributed by atoms with Gasteiger partial charge in [0, 0.05) is 19.6 Å². The summed E-state index contributed by atoms with van der Waals surface area (Å²) in [6.45, 7) is 4.79. The van der Waals surface area contributed by atoms with E-state index < -0.39 is 0 Å². The Morgan fingerprint density at radius 1 is 1.40 bits per heavy atom. The normalized spacial score (nSPS) is 10.8. The second-order valence-corrected chi connectivity index (χ2v) is 3.98. The molecule has 84 valence electrons. The van der Waals surface area contributed by atoms with Crippen molar-refractivity contribution in [1.82, 2.24) is 5.32 Å². The molecule has 0 saturated carbocycles. The molecule has 1 N–H and O–H groups in total. The summed E-state index contributed by atoms with van der Waals surface area (Å²) in [6, 6.07) is 5.50. The molecule has 0 bridgehead atoms. The lowest BCUT2D eigenvalue weighted by Gasteiger charge is -2.26. The molecule has 1 aromatic carbocycles. The second-order valence-electron chi connectivity index (χ2n) is 3.98. The molecule has 0 fully saturated rings. The van der Waals surface area contributed by atoms with Crippen molar-refractivity contribution in [2.45, 2.75) is 26.4 Å². The van der Waals surface area contributed by atoms with E-state index in [1.54, 1.807) is 6.07 Å². The average molecular weight is 210 g/mol. The molecule has 0 radical (unpaired) electrons. The molecule has 0 aliphatic rings. The number of anilines is 1. The van der Waals surface area contributed by atoms with E-state index in [1.807, 2.05) is 25.1 Å². The highest BCUT2D eigenvalue weighted by atomic mass is 19.1. The SMILES string of the molecule is CNCc1cccc(F)c1N(C)C(C)C. The van der Waals surface area contributed by atoms with Gasteiger partial charge in [-0.15, -0.1) is 0 Å². The van der Waals surface area contributed by atoms with Gasteiger partial charge in [0.05, 0.1) is 5.69 Å². The van der Waals surface area contributed by atoms with E-state index in [0.29, 0.717) is 12.2 Å². The van der Waals surface area contributed by atoms with E-state index in [1.165, 1.54) is 6.07 Å². The lowest BCUT2D eigenvalue weighted by atomic mass is 10.1. The summed E-state index contributed by atoms with van der Waals surface area (Å²) in [5.41, 5.74) is 1.69. The smallest absolute Gasteiger partial charge is 0.146 e. The molecule has 0 saturated heterocycles. The maximum atomic E-state index is 13.7. The average Bonchev–Trinajstić information content (AvgIpc) is 2.17. The largest absolute Gasteiger partial charge is 0.370 e. The minimum atomic E-state index is -0.154. The van der Waals surface area contributed by atoms with Crippen LogP contribution in [0.2, 0.25) is 0 Å². The number of hydrogen-bond acceptors (Lipinski definition) is 2. The molecule has 1 rings (SSSR count). The minimum Gasteiger partial charge on any atom is -0.370 e. The molecule has 0 atom stereocenters. The molecule has 0 amide bonds. The van der Waals surface area contributed by atoms with Gasteiger partial charge in [0.25, 0.3) is 0 Å². The highest BCUT2D eigenvalue weighted by Gasteiger charge is 2.14. The van der Waals surface area contributed by atoms with Crippen molar-refractivity contribution in [2.75, 3.05) is 19.0 Å². The van der Waals surface area contributed by atoms with Crippen molar-refractivity contribution in [3.05, 3.63) is 29.6 Å².